The molecule has 1 N–H and O–H groups in total. The summed E-state index contributed by atoms with van der Waals surface area (Å²) < 4.78 is 5.93. The third-order valence-corrected chi connectivity index (χ3v) is 4.51. The highest BCUT2D eigenvalue weighted by Crippen LogP contribution is 2.16. The van der Waals surface area contributed by atoms with E-state index in [-0.39, 0.29) is 30.9 Å². The third kappa shape index (κ3) is 4.57. The summed E-state index contributed by atoms with van der Waals surface area (Å²) in [5, 5.41) is 2.59. The van der Waals surface area contributed by atoms with Crippen LogP contribution in [0, 0.1) is 0 Å². The first kappa shape index (κ1) is 17.4. The lowest BCUT2D eigenvalue weighted by atomic mass is 10.1. The molecule has 1 unspecified atom stereocenters. The van der Waals surface area contributed by atoms with Crippen LogP contribution in [0.15, 0.2) is 30.3 Å². The molecule has 2 aliphatic rings. The summed E-state index contributed by atoms with van der Waals surface area (Å²) in [6.07, 6.45) is 1.97. The van der Waals surface area contributed by atoms with E-state index in [1.807, 2.05) is 30.3 Å². The molecule has 134 valence electrons. The largest absolute Gasteiger partial charge is 0.372 e. The van der Waals surface area contributed by atoms with Crippen LogP contribution in [0.2, 0.25) is 0 Å². The minimum atomic E-state index is -0.488. The summed E-state index contributed by atoms with van der Waals surface area (Å²) in [6, 6.07) is 9.42. The molecule has 1 atom stereocenters. The van der Waals surface area contributed by atoms with Gasteiger partial charge in [-0.05, 0) is 18.4 Å². The molecule has 25 heavy (non-hydrogen) atoms. The lowest BCUT2D eigenvalue weighted by molar-refractivity contribution is -0.141. The number of ether oxygens (including phenoxy) is 1. The monoisotopic (exact) mass is 345 g/mol. The Labute approximate surface area is 146 Å². The van der Waals surface area contributed by atoms with Crippen molar-refractivity contribution in [3.8, 4) is 0 Å². The zero-order chi connectivity index (χ0) is 17.6. The molecule has 2 saturated heterocycles. The minimum Gasteiger partial charge on any atom is -0.372 e. The molecule has 0 saturated carbocycles. The number of benzene rings is 1. The van der Waals surface area contributed by atoms with Gasteiger partial charge in [0.2, 0.25) is 11.8 Å². The molecule has 0 radical (unpaired) electrons. The van der Waals surface area contributed by atoms with E-state index in [2.05, 4.69) is 5.32 Å². The van der Waals surface area contributed by atoms with Crippen molar-refractivity contribution in [2.45, 2.75) is 32.0 Å². The zero-order valence-electron chi connectivity index (χ0n) is 14.1. The van der Waals surface area contributed by atoms with Gasteiger partial charge in [0.15, 0.2) is 0 Å². The molecule has 0 spiro atoms. The number of amides is 4. The topological polar surface area (TPSA) is 79.0 Å². The Morgan fingerprint density at radius 3 is 2.80 bits per heavy atom. The van der Waals surface area contributed by atoms with Crippen LogP contribution in [-0.4, -0.2) is 59.9 Å². The first-order valence-corrected chi connectivity index (χ1v) is 8.65. The van der Waals surface area contributed by atoms with E-state index in [1.165, 1.54) is 0 Å². The van der Waals surface area contributed by atoms with E-state index in [0.29, 0.717) is 26.2 Å². The second-order valence-corrected chi connectivity index (χ2v) is 6.36. The Morgan fingerprint density at radius 1 is 1.24 bits per heavy atom. The summed E-state index contributed by atoms with van der Waals surface area (Å²) in [6.45, 7) is 1.78. The fourth-order valence-corrected chi connectivity index (χ4v) is 3.10. The maximum atomic E-state index is 12.5. The van der Waals surface area contributed by atoms with Crippen molar-refractivity contribution in [3.05, 3.63) is 35.9 Å². The molecule has 0 bridgehead atoms. The van der Waals surface area contributed by atoms with Gasteiger partial charge in [0, 0.05) is 26.1 Å². The zero-order valence-corrected chi connectivity index (χ0v) is 14.1. The molecule has 2 aliphatic heterocycles. The molecule has 2 fully saturated rings. The highest BCUT2D eigenvalue weighted by molar-refractivity contribution is 6.00. The Morgan fingerprint density at radius 2 is 2.04 bits per heavy atom. The molecule has 7 heteroatoms. The van der Waals surface area contributed by atoms with Crippen molar-refractivity contribution in [1.82, 2.24) is 15.1 Å². The summed E-state index contributed by atoms with van der Waals surface area (Å²) in [7, 11) is 0. The average Bonchev–Trinajstić information content (AvgIpc) is 2.64. The molecule has 2 heterocycles. The number of piperidine rings is 1. The van der Waals surface area contributed by atoms with Crippen molar-refractivity contribution in [1.29, 1.82) is 0 Å². The lowest BCUT2D eigenvalue weighted by Gasteiger charge is -2.34. The molecule has 1 aromatic rings. The standard InChI is InChI=1S/C18H23N3O4/c22-16-8-9-19-18(24)21(16)12-17(23)20-10-4-7-15(11-20)25-13-14-5-2-1-3-6-14/h1-3,5-6,15H,4,7-13H2,(H,19,24). The predicted molar refractivity (Wildman–Crippen MR) is 90.6 cm³/mol. The Bertz CT molecular complexity index is 618. The Balaban J connectivity index is 1.51. The van der Waals surface area contributed by atoms with Gasteiger partial charge < -0.3 is 15.0 Å². The maximum Gasteiger partial charge on any atom is 0.324 e. The van der Waals surface area contributed by atoms with Gasteiger partial charge in [0.05, 0.1) is 12.7 Å². The summed E-state index contributed by atoms with van der Waals surface area (Å²) in [4.78, 5) is 38.7. The van der Waals surface area contributed by atoms with E-state index in [0.717, 1.165) is 23.3 Å². The quantitative estimate of drug-likeness (QED) is 0.868. The van der Waals surface area contributed by atoms with Crippen LogP contribution in [0.25, 0.3) is 0 Å². The van der Waals surface area contributed by atoms with Gasteiger partial charge in [-0.3, -0.25) is 14.5 Å². The second-order valence-electron chi connectivity index (χ2n) is 6.36. The number of imide groups is 1. The number of hydrogen-bond donors (Lipinski definition) is 1. The van der Waals surface area contributed by atoms with Crippen molar-refractivity contribution in [2.75, 3.05) is 26.2 Å². The number of nitrogens with zero attached hydrogens (tertiary/aromatic N) is 2. The van der Waals surface area contributed by atoms with Crippen LogP contribution in [0.4, 0.5) is 4.79 Å². The maximum absolute atomic E-state index is 12.5. The molecule has 4 amide bonds. The molecule has 7 nitrogen and oxygen atoms in total. The van der Waals surface area contributed by atoms with Crippen LogP contribution in [-0.2, 0) is 20.9 Å². The fraction of sp³-hybridized carbons (Fsp3) is 0.500. The van der Waals surface area contributed by atoms with E-state index < -0.39 is 6.03 Å². The molecule has 1 aromatic carbocycles. The molecular formula is C18H23N3O4. The van der Waals surface area contributed by atoms with Gasteiger partial charge >= 0.3 is 6.03 Å². The fourth-order valence-electron chi connectivity index (χ4n) is 3.10. The first-order valence-electron chi connectivity index (χ1n) is 8.65. The molecule has 0 aromatic heterocycles. The van der Waals surface area contributed by atoms with Crippen LogP contribution >= 0.6 is 0 Å². The highest BCUT2D eigenvalue weighted by Gasteiger charge is 2.31. The van der Waals surface area contributed by atoms with Gasteiger partial charge in [-0.15, -0.1) is 0 Å². The van der Waals surface area contributed by atoms with Gasteiger partial charge in [-0.25, -0.2) is 4.79 Å². The molecule has 0 aliphatic carbocycles. The summed E-state index contributed by atoms with van der Waals surface area (Å²) in [5.41, 5.74) is 1.10. The summed E-state index contributed by atoms with van der Waals surface area (Å²) >= 11 is 0. The predicted octanol–water partition coefficient (Wildman–Crippen LogP) is 1.14. The Hall–Kier alpha value is -2.41. The average molecular weight is 345 g/mol. The normalized spacial score (nSPS) is 21.2. The highest BCUT2D eigenvalue weighted by atomic mass is 16.5. The van der Waals surface area contributed by atoms with Crippen molar-refractivity contribution in [2.24, 2.45) is 0 Å². The van der Waals surface area contributed by atoms with E-state index in [4.69, 9.17) is 4.74 Å². The van der Waals surface area contributed by atoms with Crippen molar-refractivity contribution >= 4 is 17.8 Å². The number of carbonyl (C=O) groups is 3. The number of likely N-dealkylation sites (tertiary alicyclic amines) is 1. The van der Waals surface area contributed by atoms with Gasteiger partial charge in [0.25, 0.3) is 0 Å². The molecular weight excluding hydrogens is 322 g/mol. The minimum absolute atomic E-state index is 0.0243. The number of carbonyl (C=O) groups excluding carboxylic acids is 3. The SMILES string of the molecule is O=C(CN1C(=O)CCNC1=O)N1CCCC(OCc2ccccc2)C1. The van der Waals surface area contributed by atoms with Crippen molar-refractivity contribution in [3.63, 3.8) is 0 Å². The first-order chi connectivity index (χ1) is 12.1. The molecule has 3 rings (SSSR count). The number of rotatable bonds is 5. The van der Waals surface area contributed by atoms with E-state index in [9.17, 15) is 14.4 Å². The lowest BCUT2D eigenvalue weighted by Crippen LogP contribution is -2.54. The van der Waals surface area contributed by atoms with Crippen LogP contribution in [0.5, 0.6) is 0 Å². The van der Waals surface area contributed by atoms with Crippen LogP contribution in [0.1, 0.15) is 24.8 Å². The van der Waals surface area contributed by atoms with Crippen LogP contribution < -0.4 is 5.32 Å². The summed E-state index contributed by atoms with van der Waals surface area (Å²) in [5.74, 6) is -0.510. The van der Waals surface area contributed by atoms with Gasteiger partial charge in [-0.2, -0.15) is 0 Å². The van der Waals surface area contributed by atoms with Crippen molar-refractivity contribution < 1.29 is 19.1 Å². The second kappa shape index (κ2) is 8.11. The smallest absolute Gasteiger partial charge is 0.324 e. The van der Waals surface area contributed by atoms with Gasteiger partial charge in [0.1, 0.15) is 6.54 Å². The number of urea groups is 1. The third-order valence-electron chi connectivity index (χ3n) is 4.51. The van der Waals surface area contributed by atoms with Gasteiger partial charge in [-0.1, -0.05) is 30.3 Å². The van der Waals surface area contributed by atoms with E-state index in [1.54, 1.807) is 4.90 Å². The Kier molecular flexibility index (Phi) is 5.65. The van der Waals surface area contributed by atoms with Crippen LogP contribution in [0.3, 0.4) is 0 Å². The van der Waals surface area contributed by atoms with E-state index >= 15 is 0 Å². The number of hydrogen-bond acceptors (Lipinski definition) is 4. The number of nitrogens with one attached hydrogen (secondary N) is 1.